The van der Waals surface area contributed by atoms with Gasteiger partial charge in [-0.15, -0.1) is 0 Å². The van der Waals surface area contributed by atoms with Crippen LogP contribution in [0.3, 0.4) is 0 Å². The highest BCUT2D eigenvalue weighted by atomic mass is 19.4. The Morgan fingerprint density at radius 3 is 2.35 bits per heavy atom. The van der Waals surface area contributed by atoms with Gasteiger partial charge in [-0.3, -0.25) is 9.69 Å². The van der Waals surface area contributed by atoms with Gasteiger partial charge in [0.15, 0.2) is 0 Å². The predicted octanol–water partition coefficient (Wildman–Crippen LogP) is 2.27. The molecule has 4 nitrogen and oxygen atoms in total. The van der Waals surface area contributed by atoms with E-state index < -0.39 is 18.0 Å². The minimum atomic E-state index is -4.28. The van der Waals surface area contributed by atoms with Gasteiger partial charge >= 0.3 is 6.18 Å². The number of carbonyl (C=O) groups excluding carboxylic acids is 1. The fourth-order valence-corrected chi connectivity index (χ4v) is 3.63. The summed E-state index contributed by atoms with van der Waals surface area (Å²) in [6.07, 6.45) is -2.32. The SMILES string of the molecule is CC[C@H](O)CN1CCN(C(=O)[C@H]2CCCC[C@@H]2C(F)(F)F)CC1. The van der Waals surface area contributed by atoms with Crippen LogP contribution in [0.2, 0.25) is 0 Å². The van der Waals surface area contributed by atoms with Crippen molar-refractivity contribution in [2.45, 2.75) is 51.3 Å². The number of halogens is 3. The summed E-state index contributed by atoms with van der Waals surface area (Å²) < 4.78 is 39.5. The lowest BCUT2D eigenvalue weighted by molar-refractivity contribution is -0.201. The second kappa shape index (κ2) is 7.83. The van der Waals surface area contributed by atoms with Crippen molar-refractivity contribution in [2.75, 3.05) is 32.7 Å². The van der Waals surface area contributed by atoms with E-state index in [-0.39, 0.29) is 18.4 Å². The lowest BCUT2D eigenvalue weighted by Gasteiger charge is -2.40. The van der Waals surface area contributed by atoms with Gasteiger partial charge in [0.25, 0.3) is 0 Å². The van der Waals surface area contributed by atoms with Crippen LogP contribution in [0.1, 0.15) is 39.0 Å². The zero-order valence-electron chi connectivity index (χ0n) is 13.7. The molecule has 2 rings (SSSR count). The van der Waals surface area contributed by atoms with Crippen molar-refractivity contribution in [1.82, 2.24) is 9.80 Å². The maximum Gasteiger partial charge on any atom is 0.392 e. The van der Waals surface area contributed by atoms with Crippen molar-refractivity contribution >= 4 is 5.91 Å². The number of carbonyl (C=O) groups is 1. The number of piperazine rings is 1. The van der Waals surface area contributed by atoms with Crippen molar-refractivity contribution in [1.29, 1.82) is 0 Å². The van der Waals surface area contributed by atoms with E-state index in [0.29, 0.717) is 58.4 Å². The molecule has 2 aliphatic rings. The molecule has 134 valence electrons. The number of rotatable bonds is 4. The summed E-state index contributed by atoms with van der Waals surface area (Å²) in [6, 6.07) is 0. The monoisotopic (exact) mass is 336 g/mol. The molecule has 1 aliphatic heterocycles. The molecule has 0 bridgehead atoms. The number of aliphatic hydroxyl groups excluding tert-OH is 1. The van der Waals surface area contributed by atoms with E-state index in [4.69, 9.17) is 0 Å². The van der Waals surface area contributed by atoms with Crippen LogP contribution in [0, 0.1) is 11.8 Å². The van der Waals surface area contributed by atoms with Crippen molar-refractivity contribution in [3.05, 3.63) is 0 Å². The molecule has 23 heavy (non-hydrogen) atoms. The molecule has 0 aromatic rings. The van der Waals surface area contributed by atoms with E-state index in [2.05, 4.69) is 4.90 Å². The summed E-state index contributed by atoms with van der Waals surface area (Å²) >= 11 is 0. The third-order valence-corrected chi connectivity index (χ3v) is 5.13. The average Bonchev–Trinajstić information content (AvgIpc) is 2.54. The Balaban J connectivity index is 1.90. The summed E-state index contributed by atoms with van der Waals surface area (Å²) in [4.78, 5) is 16.2. The van der Waals surface area contributed by atoms with Gasteiger partial charge in [0.2, 0.25) is 5.91 Å². The minimum absolute atomic E-state index is 0.0720. The van der Waals surface area contributed by atoms with Crippen LogP contribution in [0.5, 0.6) is 0 Å². The van der Waals surface area contributed by atoms with E-state index in [9.17, 15) is 23.1 Å². The van der Waals surface area contributed by atoms with Crippen LogP contribution in [0.4, 0.5) is 13.2 Å². The zero-order chi connectivity index (χ0) is 17.0. The molecule has 0 spiro atoms. The molecule has 1 N–H and O–H groups in total. The molecule has 2 fully saturated rings. The van der Waals surface area contributed by atoms with Gasteiger partial charge < -0.3 is 10.0 Å². The van der Waals surface area contributed by atoms with Crippen LogP contribution < -0.4 is 0 Å². The Morgan fingerprint density at radius 2 is 1.78 bits per heavy atom. The first-order valence-corrected chi connectivity index (χ1v) is 8.58. The maximum atomic E-state index is 13.2. The number of amides is 1. The van der Waals surface area contributed by atoms with Crippen molar-refractivity contribution in [3.8, 4) is 0 Å². The summed E-state index contributed by atoms with van der Waals surface area (Å²) in [5.74, 6) is -2.72. The van der Waals surface area contributed by atoms with E-state index in [0.717, 1.165) is 0 Å². The standard InChI is InChI=1S/C16H27F3N2O2/c1-2-12(22)11-20-7-9-21(10-8-20)15(23)13-5-3-4-6-14(13)16(17,18)19/h12-14,22H,2-11H2,1H3/t12-,13-,14-/m0/s1. The fraction of sp³-hybridized carbons (Fsp3) is 0.938. The Morgan fingerprint density at radius 1 is 1.17 bits per heavy atom. The topological polar surface area (TPSA) is 43.8 Å². The molecule has 0 radical (unpaired) electrons. The number of hydrogen-bond donors (Lipinski definition) is 1. The smallest absolute Gasteiger partial charge is 0.392 e. The summed E-state index contributed by atoms with van der Waals surface area (Å²) in [5.41, 5.74) is 0. The predicted molar refractivity (Wildman–Crippen MR) is 80.8 cm³/mol. The lowest BCUT2D eigenvalue weighted by Crippen LogP contribution is -2.53. The molecule has 1 saturated carbocycles. The first-order valence-electron chi connectivity index (χ1n) is 8.58. The second-order valence-electron chi connectivity index (χ2n) is 6.73. The second-order valence-corrected chi connectivity index (χ2v) is 6.73. The maximum absolute atomic E-state index is 13.2. The minimum Gasteiger partial charge on any atom is -0.392 e. The van der Waals surface area contributed by atoms with Gasteiger partial charge in [-0.2, -0.15) is 13.2 Å². The highest BCUT2D eigenvalue weighted by molar-refractivity contribution is 5.79. The quantitative estimate of drug-likeness (QED) is 0.856. The molecule has 0 aromatic carbocycles. The van der Waals surface area contributed by atoms with E-state index in [1.165, 1.54) is 0 Å². The van der Waals surface area contributed by atoms with Gasteiger partial charge in [0.05, 0.1) is 12.0 Å². The first-order chi connectivity index (χ1) is 10.8. The number of β-amino-alcohol motifs (C(OH)–C–C–N with tert-alkyl or cyclic N) is 1. The number of alkyl halides is 3. The molecule has 1 saturated heterocycles. The van der Waals surface area contributed by atoms with Gasteiger partial charge in [0, 0.05) is 38.6 Å². The number of aliphatic hydroxyl groups is 1. The lowest BCUT2D eigenvalue weighted by atomic mass is 9.78. The number of nitrogens with zero attached hydrogens (tertiary/aromatic N) is 2. The molecule has 0 aromatic heterocycles. The molecule has 0 unspecified atom stereocenters. The molecule has 3 atom stereocenters. The Hall–Kier alpha value is -0.820. The fourth-order valence-electron chi connectivity index (χ4n) is 3.63. The summed E-state index contributed by atoms with van der Waals surface area (Å²) in [7, 11) is 0. The summed E-state index contributed by atoms with van der Waals surface area (Å²) in [5, 5.41) is 9.67. The third kappa shape index (κ3) is 4.83. The molecule has 1 amide bonds. The Bertz CT molecular complexity index is 395. The third-order valence-electron chi connectivity index (χ3n) is 5.13. The highest BCUT2D eigenvalue weighted by Crippen LogP contribution is 2.42. The summed E-state index contributed by atoms with van der Waals surface area (Å²) in [6.45, 7) is 4.61. The molecule has 7 heteroatoms. The van der Waals surface area contributed by atoms with Crippen molar-refractivity contribution in [2.24, 2.45) is 11.8 Å². The van der Waals surface area contributed by atoms with Crippen molar-refractivity contribution < 1.29 is 23.1 Å². The van der Waals surface area contributed by atoms with E-state index >= 15 is 0 Å². The van der Waals surface area contributed by atoms with E-state index in [1.54, 1.807) is 4.90 Å². The van der Waals surface area contributed by atoms with Crippen LogP contribution in [-0.2, 0) is 4.79 Å². The molecular formula is C16H27F3N2O2. The van der Waals surface area contributed by atoms with Crippen molar-refractivity contribution in [3.63, 3.8) is 0 Å². The highest BCUT2D eigenvalue weighted by Gasteiger charge is 2.49. The molecule has 1 aliphatic carbocycles. The first kappa shape index (κ1) is 18.5. The van der Waals surface area contributed by atoms with Gasteiger partial charge in [0.1, 0.15) is 0 Å². The Labute approximate surface area is 135 Å². The van der Waals surface area contributed by atoms with Crippen LogP contribution in [0.15, 0.2) is 0 Å². The van der Waals surface area contributed by atoms with E-state index in [1.807, 2.05) is 6.92 Å². The van der Waals surface area contributed by atoms with Gasteiger partial charge in [-0.25, -0.2) is 0 Å². The Kier molecular flexibility index (Phi) is 6.31. The van der Waals surface area contributed by atoms with Gasteiger partial charge in [-0.1, -0.05) is 19.8 Å². The van der Waals surface area contributed by atoms with Gasteiger partial charge in [-0.05, 0) is 19.3 Å². The zero-order valence-corrected chi connectivity index (χ0v) is 13.7. The molecular weight excluding hydrogens is 309 g/mol. The average molecular weight is 336 g/mol. The van der Waals surface area contributed by atoms with Crippen LogP contribution >= 0.6 is 0 Å². The normalized spacial score (nSPS) is 28.7. The molecule has 1 heterocycles. The largest absolute Gasteiger partial charge is 0.392 e. The van der Waals surface area contributed by atoms with Crippen LogP contribution in [-0.4, -0.2) is 65.8 Å². The number of hydrogen-bond acceptors (Lipinski definition) is 3. The van der Waals surface area contributed by atoms with Crippen LogP contribution in [0.25, 0.3) is 0 Å².